The second kappa shape index (κ2) is 15.6. The zero-order valence-electron chi connectivity index (χ0n) is 20.2. The molecule has 1 aliphatic carbocycles. The Labute approximate surface area is 199 Å². The molecule has 0 saturated heterocycles. The van der Waals surface area contributed by atoms with E-state index in [1.165, 1.54) is 6.92 Å². The molecule has 0 fully saturated rings. The summed E-state index contributed by atoms with van der Waals surface area (Å²) >= 11 is 0. The van der Waals surface area contributed by atoms with Crippen molar-refractivity contribution in [2.24, 2.45) is 10.7 Å². The lowest BCUT2D eigenvalue weighted by Gasteiger charge is -2.38. The van der Waals surface area contributed by atoms with Gasteiger partial charge in [-0.2, -0.15) is 0 Å². The van der Waals surface area contributed by atoms with Crippen molar-refractivity contribution in [2.45, 2.75) is 77.7 Å². The second-order valence-corrected chi connectivity index (χ2v) is 7.50. The van der Waals surface area contributed by atoms with Crippen LogP contribution in [0.2, 0.25) is 0 Å². The lowest BCUT2D eigenvalue weighted by atomic mass is 9.87. The quantitative estimate of drug-likeness (QED) is 0.102. The van der Waals surface area contributed by atoms with Crippen LogP contribution in [0.3, 0.4) is 0 Å². The third kappa shape index (κ3) is 10.2. The number of guanidine groups is 1. The molecule has 0 heterocycles. The molecule has 34 heavy (non-hydrogen) atoms. The van der Waals surface area contributed by atoms with Crippen LogP contribution in [0.1, 0.15) is 53.4 Å². The largest absolute Gasteiger partial charge is 0.463 e. The number of nitrogens with zero attached hydrogens (tertiary/aromatic N) is 1. The number of ether oxygens (including phenoxy) is 4. The number of nitrogens with two attached hydrogens (primary N) is 1. The summed E-state index contributed by atoms with van der Waals surface area (Å²) in [7, 11) is 0. The Morgan fingerprint density at radius 2 is 1.91 bits per heavy atom. The van der Waals surface area contributed by atoms with Crippen LogP contribution in [0.4, 0.5) is 0 Å². The number of esters is 3. The van der Waals surface area contributed by atoms with Crippen molar-refractivity contribution in [3.8, 4) is 0 Å². The number of aliphatic imine (C=N–C) groups is 1. The van der Waals surface area contributed by atoms with Gasteiger partial charge in [-0.3, -0.25) is 19.4 Å². The molecule has 192 valence electrons. The van der Waals surface area contributed by atoms with Gasteiger partial charge in [0.2, 0.25) is 13.2 Å². The molecule has 0 aromatic rings. The highest BCUT2D eigenvalue weighted by Crippen LogP contribution is 2.25. The third-order valence-electron chi connectivity index (χ3n) is 5.06. The van der Waals surface area contributed by atoms with Gasteiger partial charge in [-0.05, 0) is 25.8 Å². The molecular weight excluding hydrogens is 448 g/mol. The molecule has 0 bridgehead atoms. The van der Waals surface area contributed by atoms with Crippen molar-refractivity contribution in [3.63, 3.8) is 0 Å². The van der Waals surface area contributed by atoms with E-state index in [-0.39, 0.29) is 38.1 Å². The number of amides is 1. The summed E-state index contributed by atoms with van der Waals surface area (Å²) < 4.78 is 20.6. The molecule has 0 radical (unpaired) electrons. The van der Waals surface area contributed by atoms with E-state index in [0.717, 1.165) is 12.8 Å². The monoisotopic (exact) mass is 484 g/mol. The molecule has 1 aliphatic rings. The Balaban J connectivity index is 2.90. The summed E-state index contributed by atoms with van der Waals surface area (Å²) in [6, 6.07) is -1.05. The van der Waals surface area contributed by atoms with Crippen LogP contribution in [0.15, 0.2) is 16.6 Å². The maximum absolute atomic E-state index is 12.4. The lowest BCUT2D eigenvalue weighted by molar-refractivity contribution is -0.165. The molecule has 0 aliphatic heterocycles. The molecule has 3 atom stereocenters. The normalized spacial score (nSPS) is 20.2. The van der Waals surface area contributed by atoms with Crippen LogP contribution in [-0.2, 0) is 38.1 Å². The van der Waals surface area contributed by atoms with Crippen molar-refractivity contribution in [1.82, 2.24) is 10.6 Å². The highest BCUT2D eigenvalue weighted by molar-refractivity contribution is 5.89. The van der Waals surface area contributed by atoms with E-state index in [2.05, 4.69) is 20.4 Å². The molecule has 4 N–H and O–H groups in total. The van der Waals surface area contributed by atoms with Gasteiger partial charge >= 0.3 is 17.9 Å². The highest BCUT2D eigenvalue weighted by atomic mass is 16.7. The molecule has 1 amide bonds. The van der Waals surface area contributed by atoms with E-state index < -0.39 is 42.9 Å². The molecule has 12 heteroatoms. The standard InChI is InChI=1S/C22H36N4O8/c1-5-16(6-2)34-18-11-15(21(30)31-7-3)10-17(20(18)25-12-27)26-22(23)24-9-8-19(29)33-13-32-14(4)28/h11-12,16-18,20H,5-10,13H2,1-4H3,(H,25,27)(H3,23,24,26). The summed E-state index contributed by atoms with van der Waals surface area (Å²) in [5.41, 5.74) is 6.40. The number of hydrogen-bond donors (Lipinski definition) is 3. The van der Waals surface area contributed by atoms with E-state index in [1.807, 2.05) is 13.8 Å². The number of carbonyl (C=O) groups excluding carboxylic acids is 4. The van der Waals surface area contributed by atoms with Crippen LogP contribution in [0.25, 0.3) is 0 Å². The molecule has 0 aromatic carbocycles. The number of nitrogens with one attached hydrogen (secondary N) is 2. The van der Waals surface area contributed by atoms with Gasteiger partial charge in [-0.1, -0.05) is 13.8 Å². The fourth-order valence-corrected chi connectivity index (χ4v) is 3.35. The summed E-state index contributed by atoms with van der Waals surface area (Å²) in [5, 5.41) is 5.76. The predicted octanol–water partition coefficient (Wildman–Crippen LogP) is 0.295. The third-order valence-corrected chi connectivity index (χ3v) is 5.06. The summed E-state index contributed by atoms with van der Waals surface area (Å²) in [6.45, 7) is 6.68. The van der Waals surface area contributed by atoms with Crippen LogP contribution in [0.5, 0.6) is 0 Å². The van der Waals surface area contributed by atoms with Crippen LogP contribution < -0.4 is 16.4 Å². The highest BCUT2D eigenvalue weighted by Gasteiger charge is 2.37. The topological polar surface area (TPSA) is 168 Å². The van der Waals surface area contributed by atoms with Crippen LogP contribution in [0, 0.1) is 0 Å². The van der Waals surface area contributed by atoms with Crippen molar-refractivity contribution in [2.75, 3.05) is 19.9 Å². The van der Waals surface area contributed by atoms with E-state index in [9.17, 15) is 19.2 Å². The molecule has 0 aromatic heterocycles. The van der Waals surface area contributed by atoms with E-state index in [4.69, 9.17) is 19.9 Å². The van der Waals surface area contributed by atoms with Crippen LogP contribution in [-0.4, -0.2) is 74.5 Å². The van der Waals surface area contributed by atoms with Crippen molar-refractivity contribution in [1.29, 1.82) is 0 Å². The molecular formula is C22H36N4O8. The van der Waals surface area contributed by atoms with Gasteiger partial charge in [0.15, 0.2) is 5.96 Å². The van der Waals surface area contributed by atoms with Crippen LogP contribution >= 0.6 is 0 Å². The fraction of sp³-hybridized carbons (Fsp3) is 0.682. The zero-order chi connectivity index (χ0) is 25.5. The van der Waals surface area contributed by atoms with E-state index >= 15 is 0 Å². The SMILES string of the molecule is CCOC(=O)C1=CC(OC(CC)CC)C(NC=O)C(NC(N)=NCCC(=O)OCOC(C)=O)C1. The Kier molecular flexibility index (Phi) is 13.3. The minimum Gasteiger partial charge on any atom is -0.463 e. The molecule has 12 nitrogen and oxygen atoms in total. The first-order valence-electron chi connectivity index (χ1n) is 11.3. The Hall–Kier alpha value is -3.15. The first kappa shape index (κ1) is 28.9. The second-order valence-electron chi connectivity index (χ2n) is 7.50. The van der Waals surface area contributed by atoms with Gasteiger partial charge in [-0.15, -0.1) is 0 Å². The number of rotatable bonds is 14. The maximum Gasteiger partial charge on any atom is 0.333 e. The number of hydrogen-bond acceptors (Lipinski definition) is 9. The van der Waals surface area contributed by atoms with Gasteiger partial charge in [0, 0.05) is 18.9 Å². The van der Waals surface area contributed by atoms with Crippen molar-refractivity contribution >= 4 is 30.3 Å². The van der Waals surface area contributed by atoms with Gasteiger partial charge in [0.05, 0.1) is 43.9 Å². The van der Waals surface area contributed by atoms with Crippen molar-refractivity contribution in [3.05, 3.63) is 11.6 Å². The Bertz CT molecular complexity index is 751. The molecule has 3 unspecified atom stereocenters. The number of carbonyl (C=O) groups is 4. The Morgan fingerprint density at radius 3 is 2.50 bits per heavy atom. The lowest BCUT2D eigenvalue weighted by Crippen LogP contribution is -2.59. The minimum atomic E-state index is -0.609. The van der Waals surface area contributed by atoms with Crippen molar-refractivity contribution < 1.29 is 38.1 Å². The molecule has 0 saturated carbocycles. The average Bonchev–Trinajstić information content (AvgIpc) is 2.78. The summed E-state index contributed by atoms with van der Waals surface area (Å²) in [5.74, 6) is -1.63. The van der Waals surface area contributed by atoms with Gasteiger partial charge in [0.1, 0.15) is 0 Å². The summed E-state index contributed by atoms with van der Waals surface area (Å²) in [4.78, 5) is 50.2. The fourth-order valence-electron chi connectivity index (χ4n) is 3.35. The van der Waals surface area contributed by atoms with Gasteiger partial charge in [-0.25, -0.2) is 4.79 Å². The smallest absolute Gasteiger partial charge is 0.333 e. The van der Waals surface area contributed by atoms with E-state index in [1.54, 1.807) is 13.0 Å². The first-order valence-corrected chi connectivity index (χ1v) is 11.3. The molecule has 0 spiro atoms. The van der Waals surface area contributed by atoms with Gasteiger partial charge in [0.25, 0.3) is 0 Å². The zero-order valence-corrected chi connectivity index (χ0v) is 20.2. The average molecular weight is 485 g/mol. The summed E-state index contributed by atoms with van der Waals surface area (Å²) in [6.07, 6.45) is 3.25. The Morgan fingerprint density at radius 1 is 1.21 bits per heavy atom. The first-order chi connectivity index (χ1) is 16.2. The molecule has 1 rings (SSSR count). The van der Waals surface area contributed by atoms with E-state index in [0.29, 0.717) is 12.0 Å². The van der Waals surface area contributed by atoms with Gasteiger partial charge < -0.3 is 35.3 Å². The minimum absolute atomic E-state index is 0.0156. The maximum atomic E-state index is 12.4. The predicted molar refractivity (Wildman–Crippen MR) is 122 cm³/mol.